The second-order valence-corrected chi connectivity index (χ2v) is 7.48. The van der Waals surface area contributed by atoms with E-state index in [1.165, 1.54) is 11.1 Å². The summed E-state index contributed by atoms with van der Waals surface area (Å²) in [5, 5.41) is 3.14. The highest BCUT2D eigenvalue weighted by Crippen LogP contribution is 2.34. The number of hydrogen-bond donors (Lipinski definition) is 0. The molecule has 0 fully saturated rings. The van der Waals surface area contributed by atoms with E-state index in [9.17, 15) is 0 Å². The van der Waals surface area contributed by atoms with Crippen LogP contribution in [-0.4, -0.2) is 19.2 Å². The molecule has 0 unspecified atom stereocenters. The van der Waals surface area contributed by atoms with Gasteiger partial charge in [-0.05, 0) is 36.2 Å². The van der Waals surface area contributed by atoms with E-state index in [4.69, 9.17) is 14.5 Å². The topological polar surface area (TPSA) is 31.4 Å². The summed E-state index contributed by atoms with van der Waals surface area (Å²) in [5.41, 5.74) is 4.91. The number of thioether (sulfide) groups is 1. The molecule has 0 bridgehead atoms. The van der Waals surface area contributed by atoms with Crippen molar-refractivity contribution in [3.8, 4) is 22.1 Å². The molecule has 3 nitrogen and oxygen atoms in total. The van der Waals surface area contributed by atoms with E-state index in [1.807, 2.05) is 30.0 Å². The lowest BCUT2D eigenvalue weighted by Gasteiger charge is -2.08. The van der Waals surface area contributed by atoms with Gasteiger partial charge < -0.3 is 9.47 Å². The van der Waals surface area contributed by atoms with Gasteiger partial charge in [-0.15, -0.1) is 11.3 Å². The molecule has 1 aromatic heterocycles. The van der Waals surface area contributed by atoms with Gasteiger partial charge in [0.15, 0.2) is 11.5 Å². The van der Waals surface area contributed by atoms with Crippen molar-refractivity contribution in [2.24, 2.45) is 0 Å². The smallest absolute Gasteiger partial charge is 0.161 e. The number of aromatic nitrogens is 1. The molecule has 0 radical (unpaired) electrons. The summed E-state index contributed by atoms with van der Waals surface area (Å²) in [6.45, 7) is 2.16. The van der Waals surface area contributed by atoms with Crippen LogP contribution in [0.2, 0.25) is 0 Å². The average Bonchev–Trinajstić information content (AvgIpc) is 3.11. The zero-order valence-electron chi connectivity index (χ0n) is 14.6. The minimum atomic E-state index is 0.727. The number of thiazole rings is 1. The second kappa shape index (κ2) is 8.41. The first-order valence-corrected chi connectivity index (χ1v) is 10.0. The molecule has 25 heavy (non-hydrogen) atoms. The van der Waals surface area contributed by atoms with Crippen LogP contribution >= 0.6 is 23.1 Å². The molecule has 3 rings (SSSR count). The third-order valence-corrected chi connectivity index (χ3v) is 5.91. The fourth-order valence-electron chi connectivity index (χ4n) is 2.51. The summed E-state index contributed by atoms with van der Waals surface area (Å²) in [6.07, 6.45) is 0. The molecule has 0 aliphatic carbocycles. The molecule has 130 valence electrons. The standard InChI is InChI=1S/C20H21NO2S2/c1-14-6-4-5-7-16(14)11-24-12-17-13-25-20(21-17)15-8-9-18(22-2)19(10-15)23-3/h4-10,13H,11-12H2,1-3H3. The quantitative estimate of drug-likeness (QED) is 0.543. The number of benzene rings is 2. The van der Waals surface area contributed by atoms with E-state index in [0.717, 1.165) is 39.3 Å². The monoisotopic (exact) mass is 371 g/mol. The minimum absolute atomic E-state index is 0.727. The normalized spacial score (nSPS) is 10.7. The number of rotatable bonds is 7. The van der Waals surface area contributed by atoms with Crippen molar-refractivity contribution >= 4 is 23.1 Å². The number of nitrogens with zero attached hydrogens (tertiary/aromatic N) is 1. The average molecular weight is 372 g/mol. The van der Waals surface area contributed by atoms with Crippen LogP contribution in [0.15, 0.2) is 47.8 Å². The van der Waals surface area contributed by atoms with Crippen molar-refractivity contribution in [1.29, 1.82) is 0 Å². The molecule has 0 spiro atoms. The largest absolute Gasteiger partial charge is 0.493 e. The minimum Gasteiger partial charge on any atom is -0.493 e. The summed E-state index contributed by atoms with van der Waals surface area (Å²) in [4.78, 5) is 4.77. The molecule has 0 aliphatic rings. The van der Waals surface area contributed by atoms with Gasteiger partial charge in [-0.3, -0.25) is 0 Å². The van der Waals surface area contributed by atoms with E-state index < -0.39 is 0 Å². The predicted molar refractivity (Wildman–Crippen MR) is 107 cm³/mol. The Balaban J connectivity index is 1.65. The van der Waals surface area contributed by atoms with Gasteiger partial charge in [-0.25, -0.2) is 4.98 Å². The van der Waals surface area contributed by atoms with Crippen molar-refractivity contribution in [2.45, 2.75) is 18.4 Å². The van der Waals surface area contributed by atoms with Crippen LogP contribution in [0.1, 0.15) is 16.8 Å². The van der Waals surface area contributed by atoms with Crippen molar-refractivity contribution in [3.63, 3.8) is 0 Å². The van der Waals surface area contributed by atoms with Crippen LogP contribution in [0.25, 0.3) is 10.6 Å². The molecular weight excluding hydrogens is 350 g/mol. The Morgan fingerprint density at radius 3 is 2.56 bits per heavy atom. The lowest BCUT2D eigenvalue weighted by Crippen LogP contribution is -1.91. The molecule has 3 aromatic rings. The number of methoxy groups -OCH3 is 2. The molecular formula is C20H21NO2S2. The molecule has 2 aromatic carbocycles. The Kier molecular flexibility index (Phi) is 6.00. The van der Waals surface area contributed by atoms with E-state index >= 15 is 0 Å². The highest BCUT2D eigenvalue weighted by Gasteiger charge is 2.10. The summed E-state index contributed by atoms with van der Waals surface area (Å²) >= 11 is 3.56. The maximum absolute atomic E-state index is 5.38. The Labute approximate surface area is 157 Å². The van der Waals surface area contributed by atoms with Gasteiger partial charge in [0.05, 0.1) is 19.9 Å². The summed E-state index contributed by atoms with van der Waals surface area (Å²) in [7, 11) is 3.29. The predicted octanol–water partition coefficient (Wildman–Crippen LogP) is 5.57. The van der Waals surface area contributed by atoms with E-state index in [2.05, 4.69) is 36.6 Å². The van der Waals surface area contributed by atoms with Crippen LogP contribution < -0.4 is 9.47 Å². The number of ether oxygens (including phenoxy) is 2. The zero-order chi connectivity index (χ0) is 17.6. The number of aryl methyl sites for hydroxylation is 1. The fourth-order valence-corrected chi connectivity index (χ4v) is 4.44. The molecule has 0 saturated carbocycles. The maximum atomic E-state index is 5.38. The third-order valence-electron chi connectivity index (χ3n) is 3.95. The van der Waals surface area contributed by atoms with Crippen LogP contribution in [-0.2, 0) is 11.5 Å². The highest BCUT2D eigenvalue weighted by molar-refractivity contribution is 7.97. The Bertz CT molecular complexity index is 845. The lowest BCUT2D eigenvalue weighted by atomic mass is 10.1. The Morgan fingerprint density at radius 2 is 1.80 bits per heavy atom. The van der Waals surface area contributed by atoms with E-state index in [0.29, 0.717) is 0 Å². The van der Waals surface area contributed by atoms with Gasteiger partial charge in [0.2, 0.25) is 0 Å². The molecule has 0 amide bonds. The Hall–Kier alpha value is -1.98. The molecule has 5 heteroatoms. The summed E-state index contributed by atoms with van der Waals surface area (Å²) in [6, 6.07) is 14.4. The van der Waals surface area contributed by atoms with Gasteiger partial charge in [-0.2, -0.15) is 11.8 Å². The second-order valence-electron chi connectivity index (χ2n) is 5.63. The van der Waals surface area contributed by atoms with E-state index in [1.54, 1.807) is 25.6 Å². The van der Waals surface area contributed by atoms with Crippen molar-refractivity contribution in [3.05, 3.63) is 64.7 Å². The van der Waals surface area contributed by atoms with Crippen LogP contribution in [0, 0.1) is 6.92 Å². The lowest BCUT2D eigenvalue weighted by molar-refractivity contribution is 0.355. The first-order chi connectivity index (χ1) is 12.2. The third kappa shape index (κ3) is 4.35. The Morgan fingerprint density at radius 1 is 1.00 bits per heavy atom. The molecule has 0 N–H and O–H groups in total. The van der Waals surface area contributed by atoms with Crippen LogP contribution in [0.4, 0.5) is 0 Å². The zero-order valence-corrected chi connectivity index (χ0v) is 16.2. The van der Waals surface area contributed by atoms with E-state index in [-0.39, 0.29) is 0 Å². The first kappa shape index (κ1) is 17.8. The molecule has 0 atom stereocenters. The highest BCUT2D eigenvalue weighted by atomic mass is 32.2. The van der Waals surface area contributed by atoms with Crippen LogP contribution in [0.5, 0.6) is 11.5 Å². The maximum Gasteiger partial charge on any atom is 0.161 e. The number of hydrogen-bond acceptors (Lipinski definition) is 5. The van der Waals surface area contributed by atoms with Gasteiger partial charge >= 0.3 is 0 Å². The van der Waals surface area contributed by atoms with Crippen molar-refractivity contribution in [2.75, 3.05) is 14.2 Å². The van der Waals surface area contributed by atoms with Crippen molar-refractivity contribution in [1.82, 2.24) is 4.98 Å². The van der Waals surface area contributed by atoms with Gasteiger partial charge in [0, 0.05) is 22.4 Å². The molecule has 0 aliphatic heterocycles. The van der Waals surface area contributed by atoms with Gasteiger partial charge in [0.1, 0.15) is 5.01 Å². The van der Waals surface area contributed by atoms with Gasteiger partial charge in [-0.1, -0.05) is 24.3 Å². The van der Waals surface area contributed by atoms with Crippen LogP contribution in [0.3, 0.4) is 0 Å². The van der Waals surface area contributed by atoms with Gasteiger partial charge in [0.25, 0.3) is 0 Å². The fraction of sp³-hybridized carbons (Fsp3) is 0.250. The van der Waals surface area contributed by atoms with Crippen molar-refractivity contribution < 1.29 is 9.47 Å². The summed E-state index contributed by atoms with van der Waals surface area (Å²) in [5.74, 6) is 3.39. The molecule has 0 saturated heterocycles. The first-order valence-electron chi connectivity index (χ1n) is 8.00. The summed E-state index contributed by atoms with van der Waals surface area (Å²) < 4.78 is 10.7. The SMILES string of the molecule is COc1ccc(-c2nc(CSCc3ccccc3C)cs2)cc1OC. The molecule has 1 heterocycles.